The molecular weight excluding hydrogens is 168 g/mol. The summed E-state index contributed by atoms with van der Waals surface area (Å²) in [7, 11) is 0. The molecule has 0 spiro atoms. The van der Waals surface area contributed by atoms with Crippen molar-refractivity contribution in [1.82, 2.24) is 10.2 Å². The van der Waals surface area contributed by atoms with Gasteiger partial charge in [-0.15, -0.1) is 0 Å². The smallest absolute Gasteiger partial charge is 0.0943 e. The van der Waals surface area contributed by atoms with E-state index in [9.17, 15) is 0 Å². The molecule has 0 N–H and O–H groups in total. The molecule has 0 atom stereocenters. The predicted molar refractivity (Wildman–Crippen MR) is 50.4 cm³/mol. The van der Waals surface area contributed by atoms with Crippen molar-refractivity contribution >= 4 is 23.1 Å². The van der Waals surface area contributed by atoms with Crippen LogP contribution in [0.15, 0.2) is 36.5 Å². The molecule has 0 saturated carbocycles. The lowest BCUT2D eigenvalue weighted by atomic mass is 10.2. The van der Waals surface area contributed by atoms with Gasteiger partial charge in [0.25, 0.3) is 0 Å². The van der Waals surface area contributed by atoms with E-state index in [2.05, 4.69) is 10.2 Å². The largest absolute Gasteiger partial charge is 0.158 e. The van der Waals surface area contributed by atoms with Crippen molar-refractivity contribution in [3.8, 4) is 0 Å². The molecule has 0 aliphatic carbocycles. The summed E-state index contributed by atoms with van der Waals surface area (Å²) in [5.41, 5.74) is 0.840. The molecule has 0 bridgehead atoms. The quantitative estimate of drug-likeness (QED) is 0.573. The highest BCUT2D eigenvalue weighted by Gasteiger charge is 1.90. The lowest BCUT2D eigenvalue weighted by Crippen LogP contribution is -1.72. The fraction of sp³-hybridized carbons (Fsp3) is 0. The topological polar surface area (TPSA) is 25.8 Å². The predicted octanol–water partition coefficient (Wildman–Crippen LogP) is 2.36. The second-order valence-corrected chi connectivity index (χ2v) is 2.85. The maximum atomic E-state index is 5.14. The lowest BCUT2D eigenvalue weighted by molar-refractivity contribution is 1.09. The van der Waals surface area contributed by atoms with Crippen LogP contribution in [0.2, 0.25) is 0 Å². The highest BCUT2D eigenvalue weighted by molar-refractivity contribution is 7.71. The van der Waals surface area contributed by atoms with Crippen LogP contribution in [0.25, 0.3) is 10.9 Å². The first kappa shape index (κ1) is 7.31. The van der Waals surface area contributed by atoms with Gasteiger partial charge < -0.3 is 0 Å². The zero-order valence-corrected chi connectivity index (χ0v) is 7.08. The third kappa shape index (κ3) is 1.19. The fourth-order valence-corrected chi connectivity index (χ4v) is 1.29. The van der Waals surface area contributed by atoms with Gasteiger partial charge in [0.15, 0.2) is 0 Å². The van der Waals surface area contributed by atoms with Crippen LogP contribution < -0.4 is 0 Å². The van der Waals surface area contributed by atoms with Crippen LogP contribution >= 0.6 is 12.2 Å². The Morgan fingerprint density at radius 3 is 2.83 bits per heavy atom. The maximum Gasteiger partial charge on any atom is 0.0943 e. The van der Waals surface area contributed by atoms with E-state index in [1.54, 1.807) is 12.3 Å². The summed E-state index contributed by atoms with van der Waals surface area (Å²) >= 11 is 5.14. The third-order valence-electron chi connectivity index (χ3n) is 1.63. The number of hydrogen-bond donors (Lipinski definition) is 0. The molecule has 0 unspecified atom stereocenters. The monoisotopic (exact) mass is 174 g/mol. The van der Waals surface area contributed by atoms with Crippen LogP contribution in [0.4, 0.5) is 0 Å². The molecule has 2 rings (SSSR count). The van der Waals surface area contributed by atoms with Gasteiger partial charge in [0, 0.05) is 9.90 Å². The van der Waals surface area contributed by atoms with Crippen molar-refractivity contribution in [2.45, 2.75) is 0 Å². The number of rotatable bonds is 0. The minimum atomic E-state index is 0.788. The summed E-state index contributed by atoms with van der Waals surface area (Å²) < 4.78 is 0.788. The molecular formula is C9H6N2S. The Bertz CT molecular complexity index is 468. The molecule has 0 saturated heterocycles. The Morgan fingerprint density at radius 1 is 1.08 bits per heavy atom. The normalized spacial score (nSPS) is 10.0. The Labute approximate surface area is 74.9 Å². The fourth-order valence-electron chi connectivity index (χ4n) is 1.06. The van der Waals surface area contributed by atoms with Crippen molar-refractivity contribution in [3.05, 3.63) is 41.0 Å². The Kier molecular flexibility index (Phi) is 1.80. The van der Waals surface area contributed by atoms with Crippen LogP contribution in [0.1, 0.15) is 0 Å². The zero-order valence-electron chi connectivity index (χ0n) is 6.27. The van der Waals surface area contributed by atoms with E-state index < -0.39 is 0 Å². The van der Waals surface area contributed by atoms with Crippen LogP contribution in [-0.2, 0) is 0 Å². The summed E-state index contributed by atoms with van der Waals surface area (Å²) in [6, 6.07) is 9.50. The van der Waals surface area contributed by atoms with Gasteiger partial charge in [0.05, 0.1) is 11.7 Å². The average molecular weight is 174 g/mol. The molecule has 0 fully saturated rings. The standard InChI is InChI=1S/C9H6N2S/c12-9-5-6-10-11-8-4-2-1-3-7(8)9/h1-6H. The van der Waals surface area contributed by atoms with Crippen LogP contribution in [0, 0.1) is 4.51 Å². The highest BCUT2D eigenvalue weighted by atomic mass is 32.1. The van der Waals surface area contributed by atoms with Crippen molar-refractivity contribution < 1.29 is 0 Å². The third-order valence-corrected chi connectivity index (χ3v) is 1.98. The van der Waals surface area contributed by atoms with Crippen molar-refractivity contribution in [2.24, 2.45) is 0 Å². The van der Waals surface area contributed by atoms with E-state index in [0.717, 1.165) is 15.4 Å². The first-order valence-electron chi connectivity index (χ1n) is 3.59. The van der Waals surface area contributed by atoms with Gasteiger partial charge in [0.2, 0.25) is 0 Å². The second-order valence-electron chi connectivity index (χ2n) is 2.41. The van der Waals surface area contributed by atoms with E-state index in [4.69, 9.17) is 12.2 Å². The van der Waals surface area contributed by atoms with E-state index in [1.165, 1.54) is 0 Å². The van der Waals surface area contributed by atoms with Gasteiger partial charge in [-0.2, -0.15) is 10.2 Å². The van der Waals surface area contributed by atoms with Crippen molar-refractivity contribution in [1.29, 1.82) is 0 Å². The van der Waals surface area contributed by atoms with E-state index in [1.807, 2.05) is 24.3 Å². The molecule has 0 radical (unpaired) electrons. The zero-order chi connectivity index (χ0) is 8.39. The van der Waals surface area contributed by atoms with Gasteiger partial charge in [-0.1, -0.05) is 30.4 Å². The van der Waals surface area contributed by atoms with E-state index in [-0.39, 0.29) is 0 Å². The molecule has 58 valence electrons. The first-order valence-corrected chi connectivity index (χ1v) is 3.99. The first-order chi connectivity index (χ1) is 5.88. The van der Waals surface area contributed by atoms with Crippen molar-refractivity contribution in [3.63, 3.8) is 0 Å². The van der Waals surface area contributed by atoms with Gasteiger partial charge in [-0.3, -0.25) is 0 Å². The summed E-state index contributed by atoms with van der Waals surface area (Å²) in [4.78, 5) is 0. The molecule has 1 heterocycles. The Balaban J connectivity index is 3.06. The summed E-state index contributed by atoms with van der Waals surface area (Å²) in [6.45, 7) is 0. The summed E-state index contributed by atoms with van der Waals surface area (Å²) in [5, 5.41) is 8.78. The number of benzene rings is 1. The Hall–Kier alpha value is -1.35. The molecule has 2 nitrogen and oxygen atoms in total. The SMILES string of the molecule is S=c1ccnnc2ccccc12. The minimum Gasteiger partial charge on any atom is -0.158 e. The number of aromatic nitrogens is 2. The van der Waals surface area contributed by atoms with Crippen LogP contribution in [0.5, 0.6) is 0 Å². The molecule has 0 aliphatic rings. The molecule has 1 aromatic heterocycles. The minimum absolute atomic E-state index is 0.788. The second kappa shape index (κ2) is 2.95. The van der Waals surface area contributed by atoms with Gasteiger partial charge >= 0.3 is 0 Å². The van der Waals surface area contributed by atoms with Gasteiger partial charge in [0.1, 0.15) is 0 Å². The molecule has 12 heavy (non-hydrogen) atoms. The highest BCUT2D eigenvalue weighted by Crippen LogP contribution is 2.09. The molecule has 1 aromatic carbocycles. The lowest BCUT2D eigenvalue weighted by Gasteiger charge is -1.86. The van der Waals surface area contributed by atoms with Gasteiger partial charge in [-0.05, 0) is 12.1 Å². The van der Waals surface area contributed by atoms with E-state index >= 15 is 0 Å². The van der Waals surface area contributed by atoms with Crippen LogP contribution in [-0.4, -0.2) is 10.2 Å². The maximum absolute atomic E-state index is 5.14. The van der Waals surface area contributed by atoms with Crippen LogP contribution in [0.3, 0.4) is 0 Å². The molecule has 0 amide bonds. The molecule has 3 heteroatoms. The number of nitrogens with zero attached hydrogens (tertiary/aromatic N) is 2. The van der Waals surface area contributed by atoms with Gasteiger partial charge in [-0.25, -0.2) is 0 Å². The Morgan fingerprint density at radius 2 is 1.92 bits per heavy atom. The number of hydrogen-bond acceptors (Lipinski definition) is 3. The number of fused-ring (bicyclic) bond motifs is 1. The van der Waals surface area contributed by atoms with E-state index in [0.29, 0.717) is 0 Å². The average Bonchev–Trinajstić information content (AvgIpc) is 2.29. The molecule has 2 aromatic rings. The van der Waals surface area contributed by atoms with Crippen molar-refractivity contribution in [2.75, 3.05) is 0 Å². The summed E-state index contributed by atoms with van der Waals surface area (Å²) in [5.74, 6) is 0. The summed E-state index contributed by atoms with van der Waals surface area (Å²) in [6.07, 6.45) is 1.61. The molecule has 0 aliphatic heterocycles.